The maximum atomic E-state index is 13.9. The maximum Gasteiger partial charge on any atom is 2.00 e. The summed E-state index contributed by atoms with van der Waals surface area (Å²) >= 11 is 6.01. The van der Waals surface area contributed by atoms with E-state index in [1.165, 1.54) is 12.1 Å². The molecule has 0 saturated heterocycles. The number of aromatic nitrogens is 3. The summed E-state index contributed by atoms with van der Waals surface area (Å²) in [5, 5.41) is 36.3. The Morgan fingerprint density at radius 3 is 1.91 bits per heavy atom. The Balaban J connectivity index is 0.00000744. The number of benzene rings is 4. The van der Waals surface area contributed by atoms with Crippen molar-refractivity contribution >= 4 is 108 Å². The molecule has 0 unspecified atom stereocenters. The fourth-order valence-electron chi connectivity index (χ4n) is 4.70. The van der Waals surface area contributed by atoms with Crippen molar-refractivity contribution in [3.8, 4) is 11.5 Å². The Hall–Kier alpha value is -4.69. The molecule has 0 bridgehead atoms. The van der Waals surface area contributed by atoms with Gasteiger partial charge >= 0.3 is 17.1 Å². The summed E-state index contributed by atoms with van der Waals surface area (Å²) in [5.74, 6) is -4.79. The number of halogens is 1. The van der Waals surface area contributed by atoms with Crippen molar-refractivity contribution in [3.63, 3.8) is 0 Å². The Kier molecular flexibility index (Phi) is 13.4. The van der Waals surface area contributed by atoms with Gasteiger partial charge in [-0.05, 0) is 66.2 Å². The predicted molar refractivity (Wildman–Crippen MR) is 183 cm³/mol. The van der Waals surface area contributed by atoms with Crippen LogP contribution < -0.4 is 20.8 Å². The van der Waals surface area contributed by atoms with E-state index in [4.69, 9.17) is 11.6 Å². The molecule has 5 rings (SSSR count). The zero-order valence-electron chi connectivity index (χ0n) is 27.6. The van der Waals surface area contributed by atoms with Crippen LogP contribution in [0.2, 0.25) is 5.28 Å². The van der Waals surface area contributed by atoms with Gasteiger partial charge in [0.2, 0.25) is 27.6 Å². The summed E-state index contributed by atoms with van der Waals surface area (Å²) in [4.78, 5) is 7.56. The molecule has 313 valence electrons. The number of hydrogen-bond acceptors (Lipinski definition) is 24. The van der Waals surface area contributed by atoms with E-state index in [1.807, 2.05) is 0 Å². The summed E-state index contributed by atoms with van der Waals surface area (Å²) in [6.07, 6.45) is 0. The van der Waals surface area contributed by atoms with Gasteiger partial charge in [-0.3, -0.25) is 4.18 Å². The first-order valence-corrected chi connectivity index (χ1v) is 22.1. The van der Waals surface area contributed by atoms with Gasteiger partial charge < -0.3 is 39.1 Å². The number of nitrogens with one attached hydrogen (secondary N) is 2. The number of sulfone groups is 1. The van der Waals surface area contributed by atoms with E-state index in [-0.39, 0.29) is 22.8 Å². The zero-order valence-corrected chi connectivity index (χ0v) is 33.4. The van der Waals surface area contributed by atoms with Crippen LogP contribution in [0.5, 0.6) is 11.5 Å². The molecule has 24 nitrogen and oxygen atoms in total. The Morgan fingerprint density at radius 2 is 1.33 bits per heavy atom. The second-order valence-corrected chi connectivity index (χ2v) is 18.4. The first-order chi connectivity index (χ1) is 26.2. The van der Waals surface area contributed by atoms with Crippen LogP contribution in [0.15, 0.2) is 90.5 Å². The molecular formula is C27H16ClCuN7O17S5-4. The van der Waals surface area contributed by atoms with Crippen LogP contribution in [0.25, 0.3) is 10.8 Å². The van der Waals surface area contributed by atoms with Gasteiger partial charge in [0.15, 0.2) is 9.84 Å². The molecule has 0 aliphatic heterocycles. The molecule has 31 heteroatoms. The van der Waals surface area contributed by atoms with Crippen molar-refractivity contribution in [2.24, 2.45) is 10.2 Å². The summed E-state index contributed by atoms with van der Waals surface area (Å²) < 4.78 is 168. The van der Waals surface area contributed by atoms with Crippen LogP contribution in [-0.2, 0) is 71.8 Å². The second kappa shape index (κ2) is 16.9. The van der Waals surface area contributed by atoms with Gasteiger partial charge in [0.1, 0.15) is 30.4 Å². The molecule has 0 saturated carbocycles. The number of hydrogen-bond donors (Lipinski definition) is 2. The van der Waals surface area contributed by atoms with Crippen LogP contribution in [-0.4, -0.2) is 87.6 Å². The van der Waals surface area contributed by atoms with Gasteiger partial charge in [0.25, 0.3) is 0 Å². The first kappa shape index (κ1) is 46.0. The van der Waals surface area contributed by atoms with Crippen molar-refractivity contribution in [2.45, 2.75) is 19.6 Å². The van der Waals surface area contributed by atoms with E-state index >= 15 is 0 Å². The van der Waals surface area contributed by atoms with E-state index in [0.29, 0.717) is 18.2 Å². The van der Waals surface area contributed by atoms with E-state index in [0.717, 1.165) is 30.3 Å². The maximum absolute atomic E-state index is 13.9. The topological polar surface area (TPSA) is 406 Å². The number of nitrogens with zero attached hydrogens (tertiary/aromatic N) is 5. The minimum absolute atomic E-state index is 0. The van der Waals surface area contributed by atoms with E-state index in [1.54, 1.807) is 0 Å². The Bertz CT molecular complexity index is 3070. The third kappa shape index (κ3) is 11.1. The molecule has 0 amide bonds. The third-order valence-corrected chi connectivity index (χ3v) is 11.9. The van der Waals surface area contributed by atoms with Crippen LogP contribution >= 0.6 is 11.6 Å². The molecule has 0 fully saturated rings. The second-order valence-electron chi connectivity index (χ2n) is 10.9. The minimum atomic E-state index is -5.77. The van der Waals surface area contributed by atoms with Crippen molar-refractivity contribution in [3.05, 3.63) is 65.9 Å². The third-order valence-electron chi connectivity index (χ3n) is 7.06. The average Bonchev–Trinajstić information content (AvgIpc) is 3.06. The molecule has 0 atom stereocenters. The summed E-state index contributed by atoms with van der Waals surface area (Å²) in [6.45, 7) is -1.10. The molecular weight excluding hydrogens is 954 g/mol. The van der Waals surface area contributed by atoms with Gasteiger partial charge in [0.05, 0.1) is 43.3 Å². The number of rotatable bonds is 14. The van der Waals surface area contributed by atoms with Gasteiger partial charge in [0, 0.05) is 22.1 Å². The average molecular weight is 970 g/mol. The van der Waals surface area contributed by atoms with Crippen molar-refractivity contribution < 1.29 is 91.8 Å². The monoisotopic (exact) mass is 968 g/mol. The first-order valence-electron chi connectivity index (χ1n) is 14.5. The van der Waals surface area contributed by atoms with Gasteiger partial charge in [-0.1, -0.05) is 17.6 Å². The Morgan fingerprint density at radius 1 is 0.690 bits per heavy atom. The predicted octanol–water partition coefficient (Wildman–Crippen LogP) is 0.688. The van der Waals surface area contributed by atoms with Crippen molar-refractivity contribution in [1.29, 1.82) is 0 Å². The molecule has 0 aliphatic carbocycles. The standard InChI is InChI=1S/C27H22ClN7O17S5.Cu/c28-25-31-26(29-13-2-1-3-15(10-13)54(40,41)42)33-27(32-25)30-18-6-7-20(55(43,44)45)16-12-21(56(46,47)48)23(24(37)22(16)18)35-34-17-5-4-14(11-19(17)36)53(38,39)9-8-52-57(49,50)51;/h1-7,10-12,36-37H,8-9H2,(H,40,41,42)(H,43,44,45)(H,46,47,48)(H,49,50,51)(H2,29,30,31,32,33);/q;+2/p-6. The molecule has 4 aromatic carbocycles. The fraction of sp³-hybridized carbons (Fsp3) is 0.0741. The van der Waals surface area contributed by atoms with Gasteiger partial charge in [-0.25, -0.2) is 42.1 Å². The summed E-state index contributed by atoms with van der Waals surface area (Å²) in [6, 6.07) is 8.21. The zero-order chi connectivity index (χ0) is 42.3. The fourth-order valence-corrected chi connectivity index (χ4v) is 8.17. The SMILES string of the molecule is O=S(=O)([O-])OCCS(=O)(=O)c1ccc(N=Nc2c(S(=O)(=O)[O-])cc3c(S(=O)(=O)[O-])ccc(Nc4nc(Cl)nc(Nc5cccc(S(=O)(=O)[O-])c5)n4)c3c2[O-])c([O-])c1.[Cu+2]. The van der Waals surface area contributed by atoms with E-state index < -0.39 is 139 Å². The van der Waals surface area contributed by atoms with Gasteiger partial charge in [-0.2, -0.15) is 20.1 Å². The Labute approximate surface area is 342 Å². The smallest absolute Gasteiger partial charge is 0.871 e. The largest absolute Gasteiger partial charge is 2.00 e. The quantitative estimate of drug-likeness (QED) is 0.0669. The van der Waals surface area contributed by atoms with E-state index in [2.05, 4.69) is 40.0 Å². The molecule has 1 heterocycles. The van der Waals surface area contributed by atoms with Crippen LogP contribution in [0, 0.1) is 0 Å². The van der Waals surface area contributed by atoms with Gasteiger partial charge in [-0.15, -0.1) is 5.11 Å². The molecule has 5 aromatic rings. The molecule has 0 spiro atoms. The summed E-state index contributed by atoms with van der Waals surface area (Å²) in [7, 11) is -25.8. The number of anilines is 4. The number of azo groups is 1. The molecule has 1 aromatic heterocycles. The minimum Gasteiger partial charge on any atom is -0.871 e. The normalized spacial score (nSPS) is 12.7. The number of fused-ring (bicyclic) bond motifs is 1. The molecule has 58 heavy (non-hydrogen) atoms. The molecule has 2 N–H and O–H groups in total. The molecule has 1 radical (unpaired) electrons. The molecule has 0 aliphatic rings. The van der Waals surface area contributed by atoms with Crippen LogP contribution in [0.4, 0.5) is 34.6 Å². The van der Waals surface area contributed by atoms with Crippen molar-refractivity contribution in [1.82, 2.24) is 15.0 Å². The van der Waals surface area contributed by atoms with Crippen LogP contribution in [0.3, 0.4) is 0 Å². The van der Waals surface area contributed by atoms with E-state index in [9.17, 15) is 70.5 Å². The van der Waals surface area contributed by atoms with Crippen molar-refractivity contribution in [2.75, 3.05) is 23.0 Å². The summed E-state index contributed by atoms with van der Waals surface area (Å²) in [5.41, 5.74) is -2.58. The van der Waals surface area contributed by atoms with Crippen LogP contribution in [0.1, 0.15) is 0 Å².